The average molecular weight is 389 g/mol. The van der Waals surface area contributed by atoms with Gasteiger partial charge < -0.3 is 15.1 Å². The van der Waals surface area contributed by atoms with E-state index in [1.54, 1.807) is 12.3 Å². The number of benzene rings is 2. The summed E-state index contributed by atoms with van der Waals surface area (Å²) in [5.74, 6) is 0.228. The van der Waals surface area contributed by atoms with E-state index in [-0.39, 0.29) is 42.4 Å². The number of hydrogen-bond donors (Lipinski definition) is 1. The Balaban J connectivity index is 0.00000210. The molecule has 2 N–H and O–H groups in total. The molecule has 4 rings (SSSR count). The van der Waals surface area contributed by atoms with E-state index in [1.807, 2.05) is 23.1 Å². The second-order valence-corrected chi connectivity index (χ2v) is 6.89. The monoisotopic (exact) mass is 388 g/mol. The minimum absolute atomic E-state index is 0. The maximum atomic E-state index is 13.3. The van der Waals surface area contributed by atoms with Gasteiger partial charge in [-0.15, -0.1) is 12.4 Å². The number of likely N-dealkylation sites (tertiary alicyclic amines) is 1. The van der Waals surface area contributed by atoms with E-state index in [2.05, 4.69) is 12.1 Å². The van der Waals surface area contributed by atoms with Crippen molar-refractivity contribution < 1.29 is 13.6 Å². The van der Waals surface area contributed by atoms with E-state index in [4.69, 9.17) is 10.2 Å². The number of carbonyl (C=O) groups excluding carboxylic acids is 1. The molecule has 1 aromatic heterocycles. The third-order valence-corrected chi connectivity index (χ3v) is 5.28. The van der Waals surface area contributed by atoms with Gasteiger partial charge in [0.2, 0.25) is 5.91 Å². The van der Waals surface area contributed by atoms with Crippen LogP contribution in [-0.4, -0.2) is 30.4 Å². The van der Waals surface area contributed by atoms with Gasteiger partial charge in [0.05, 0.1) is 12.7 Å². The summed E-state index contributed by atoms with van der Waals surface area (Å²) in [7, 11) is 0. The van der Waals surface area contributed by atoms with Crippen molar-refractivity contribution >= 4 is 29.3 Å². The molecule has 0 aliphatic carbocycles. The number of nitrogens with two attached hydrogens (primary N) is 1. The number of rotatable bonds is 4. The zero-order valence-electron chi connectivity index (χ0n) is 14.8. The van der Waals surface area contributed by atoms with Crippen molar-refractivity contribution in [3.8, 4) is 0 Å². The van der Waals surface area contributed by atoms with Crippen LogP contribution in [0.4, 0.5) is 4.39 Å². The molecule has 3 aromatic rings. The molecule has 2 aromatic carbocycles. The molecule has 1 saturated heterocycles. The third-order valence-electron chi connectivity index (χ3n) is 5.28. The van der Waals surface area contributed by atoms with Crippen molar-refractivity contribution in [1.29, 1.82) is 0 Å². The highest BCUT2D eigenvalue weighted by Crippen LogP contribution is 2.32. The quantitative estimate of drug-likeness (QED) is 0.740. The molecule has 6 heteroatoms. The minimum Gasteiger partial charge on any atom is -0.464 e. The predicted octanol–water partition coefficient (Wildman–Crippen LogP) is 3.74. The lowest BCUT2D eigenvalue weighted by atomic mass is 9.89. The Kier molecular flexibility index (Phi) is 5.82. The maximum absolute atomic E-state index is 13.3. The number of fused-ring (bicyclic) bond motifs is 1. The lowest BCUT2D eigenvalue weighted by Gasteiger charge is -2.16. The number of nitrogens with zero attached hydrogens (tertiary/aromatic N) is 1. The number of carbonyl (C=O) groups is 1. The standard InChI is InChI=1S/C21H21FN2O2.ClH/c22-17-6-7-18-15(13-26-20(18)9-17)8-21(25)24-11-16(10-23)19(12-24)14-4-2-1-3-5-14;/h1-7,9,13,16,19H,8,10-12,23H2;1H/t16-,19+;/m1./s1. The Bertz CT molecular complexity index is 928. The first-order valence-corrected chi connectivity index (χ1v) is 8.84. The molecule has 0 bridgehead atoms. The van der Waals surface area contributed by atoms with Gasteiger partial charge in [0.1, 0.15) is 11.4 Å². The number of hydrogen-bond acceptors (Lipinski definition) is 3. The first-order valence-electron chi connectivity index (χ1n) is 8.84. The highest BCUT2D eigenvalue weighted by atomic mass is 35.5. The van der Waals surface area contributed by atoms with Crippen LogP contribution in [0.3, 0.4) is 0 Å². The van der Waals surface area contributed by atoms with Crippen molar-refractivity contribution in [2.75, 3.05) is 19.6 Å². The van der Waals surface area contributed by atoms with Gasteiger partial charge >= 0.3 is 0 Å². The van der Waals surface area contributed by atoms with E-state index in [9.17, 15) is 9.18 Å². The van der Waals surface area contributed by atoms with Crippen molar-refractivity contribution in [3.63, 3.8) is 0 Å². The first-order chi connectivity index (χ1) is 12.7. The van der Waals surface area contributed by atoms with Gasteiger partial charge in [0.15, 0.2) is 0 Å². The van der Waals surface area contributed by atoms with Gasteiger partial charge in [-0.1, -0.05) is 30.3 Å². The average Bonchev–Trinajstić information content (AvgIpc) is 3.26. The summed E-state index contributed by atoms with van der Waals surface area (Å²) in [5.41, 5.74) is 8.44. The van der Waals surface area contributed by atoms with Crippen LogP contribution < -0.4 is 5.73 Å². The molecule has 1 fully saturated rings. The number of amides is 1. The number of furan rings is 1. The van der Waals surface area contributed by atoms with Gasteiger partial charge in [0, 0.05) is 36.0 Å². The topological polar surface area (TPSA) is 59.5 Å². The van der Waals surface area contributed by atoms with Crippen LogP contribution in [0, 0.1) is 11.7 Å². The minimum atomic E-state index is -0.347. The summed E-state index contributed by atoms with van der Waals surface area (Å²) in [5, 5.41) is 0.786. The molecule has 1 amide bonds. The normalized spacial score (nSPS) is 19.3. The number of halogens is 2. The largest absolute Gasteiger partial charge is 0.464 e. The molecule has 0 radical (unpaired) electrons. The molecule has 142 valence electrons. The molecular formula is C21H22ClFN2O2. The fourth-order valence-electron chi connectivity index (χ4n) is 3.86. The maximum Gasteiger partial charge on any atom is 0.227 e. The Hall–Kier alpha value is -2.37. The molecule has 0 unspecified atom stereocenters. The fraction of sp³-hybridized carbons (Fsp3) is 0.286. The van der Waals surface area contributed by atoms with Crippen LogP contribution in [-0.2, 0) is 11.2 Å². The fourth-order valence-corrected chi connectivity index (χ4v) is 3.86. The molecule has 27 heavy (non-hydrogen) atoms. The summed E-state index contributed by atoms with van der Waals surface area (Å²) in [4.78, 5) is 14.7. The zero-order chi connectivity index (χ0) is 18.1. The van der Waals surface area contributed by atoms with Crippen LogP contribution in [0.5, 0.6) is 0 Å². The molecule has 0 saturated carbocycles. The van der Waals surface area contributed by atoms with Gasteiger partial charge in [0.25, 0.3) is 0 Å². The van der Waals surface area contributed by atoms with E-state index in [0.717, 1.165) is 10.9 Å². The van der Waals surface area contributed by atoms with Crippen LogP contribution >= 0.6 is 12.4 Å². The Morgan fingerprint density at radius 2 is 1.96 bits per heavy atom. The highest BCUT2D eigenvalue weighted by Gasteiger charge is 2.35. The van der Waals surface area contributed by atoms with Crippen molar-refractivity contribution in [3.05, 3.63) is 71.7 Å². The summed E-state index contributed by atoms with van der Waals surface area (Å²) >= 11 is 0. The van der Waals surface area contributed by atoms with E-state index >= 15 is 0 Å². The second-order valence-electron chi connectivity index (χ2n) is 6.89. The van der Waals surface area contributed by atoms with Gasteiger partial charge in [-0.3, -0.25) is 4.79 Å². The van der Waals surface area contributed by atoms with E-state index in [0.29, 0.717) is 25.2 Å². The van der Waals surface area contributed by atoms with Gasteiger partial charge in [-0.05, 0) is 30.2 Å². The summed E-state index contributed by atoms with van der Waals surface area (Å²) < 4.78 is 18.7. The molecule has 1 aliphatic rings. The van der Waals surface area contributed by atoms with Crippen molar-refractivity contribution in [1.82, 2.24) is 4.90 Å². The SMILES string of the molecule is Cl.NC[C@@H]1CN(C(=O)Cc2coc3cc(F)ccc23)C[C@H]1c1ccccc1. The Morgan fingerprint density at radius 1 is 1.19 bits per heavy atom. The summed E-state index contributed by atoms with van der Waals surface area (Å²) in [6.45, 7) is 1.89. The van der Waals surface area contributed by atoms with Crippen molar-refractivity contribution in [2.24, 2.45) is 11.7 Å². The smallest absolute Gasteiger partial charge is 0.227 e. The van der Waals surface area contributed by atoms with Gasteiger partial charge in [-0.2, -0.15) is 0 Å². The van der Waals surface area contributed by atoms with Crippen LogP contribution in [0.15, 0.2) is 59.2 Å². The summed E-state index contributed by atoms with van der Waals surface area (Å²) in [6.07, 6.45) is 1.80. The second kappa shape index (κ2) is 8.11. The van der Waals surface area contributed by atoms with Crippen LogP contribution in [0.25, 0.3) is 11.0 Å². The zero-order valence-corrected chi connectivity index (χ0v) is 15.6. The highest BCUT2D eigenvalue weighted by molar-refractivity contribution is 5.87. The lowest BCUT2D eigenvalue weighted by molar-refractivity contribution is -0.129. The van der Waals surface area contributed by atoms with Crippen molar-refractivity contribution in [2.45, 2.75) is 12.3 Å². The lowest BCUT2D eigenvalue weighted by Crippen LogP contribution is -2.31. The van der Waals surface area contributed by atoms with E-state index < -0.39 is 0 Å². The molecule has 2 atom stereocenters. The van der Waals surface area contributed by atoms with Crippen LogP contribution in [0.2, 0.25) is 0 Å². The van der Waals surface area contributed by atoms with E-state index in [1.165, 1.54) is 17.7 Å². The Labute approximate surface area is 163 Å². The first kappa shape index (κ1) is 19.4. The predicted molar refractivity (Wildman–Crippen MR) is 105 cm³/mol. The molecule has 4 nitrogen and oxygen atoms in total. The summed E-state index contributed by atoms with van der Waals surface area (Å²) in [6, 6.07) is 14.6. The Morgan fingerprint density at radius 3 is 2.70 bits per heavy atom. The van der Waals surface area contributed by atoms with Crippen LogP contribution in [0.1, 0.15) is 17.0 Å². The molecule has 1 aliphatic heterocycles. The molecule has 0 spiro atoms. The van der Waals surface area contributed by atoms with Gasteiger partial charge in [-0.25, -0.2) is 4.39 Å². The third kappa shape index (κ3) is 3.84. The molecular weight excluding hydrogens is 367 g/mol. The molecule has 2 heterocycles.